The Labute approximate surface area is 80.5 Å². The number of carbonyl (C=O) groups is 1. The number of benzene rings is 1. The molecule has 1 rings (SSSR count). The molecule has 0 heterocycles. The first-order valence-corrected chi connectivity index (χ1v) is 3.76. The first-order chi connectivity index (χ1) is 6.69. The maximum Gasteiger partial charge on any atom is 0.409 e. The van der Waals surface area contributed by atoms with Gasteiger partial charge in [0.05, 0.1) is 12.8 Å². The van der Waals surface area contributed by atoms with E-state index in [0.717, 1.165) is 0 Å². The molecule has 0 unspecified atom stereocenters. The fourth-order valence-corrected chi connectivity index (χ4v) is 1.04. The summed E-state index contributed by atoms with van der Waals surface area (Å²) >= 11 is 0. The number of rotatable bonds is 2. The van der Waals surface area contributed by atoms with Crippen molar-refractivity contribution >= 4 is 11.8 Å². The molecule has 0 saturated carbocycles. The highest BCUT2D eigenvalue weighted by Gasteiger charge is 2.09. The maximum absolute atomic E-state index is 10.4. The standard InChI is InChI=1S/C9H8N2O3/c1-14-8-4-2-3-7(6(8)5-10)11-9(12)13/h2-4,11H,1H3,(H,12,13). The topological polar surface area (TPSA) is 82.3 Å². The minimum atomic E-state index is -1.21. The van der Waals surface area contributed by atoms with Crippen LogP contribution in [0.4, 0.5) is 10.5 Å². The number of anilines is 1. The summed E-state index contributed by atoms with van der Waals surface area (Å²) < 4.78 is 4.90. The summed E-state index contributed by atoms with van der Waals surface area (Å²) in [5.74, 6) is 0.346. The Hall–Kier alpha value is -2.22. The molecule has 0 aromatic heterocycles. The summed E-state index contributed by atoms with van der Waals surface area (Å²) in [7, 11) is 1.42. The molecule has 72 valence electrons. The van der Waals surface area contributed by atoms with Gasteiger partial charge < -0.3 is 9.84 Å². The Balaban J connectivity index is 3.17. The van der Waals surface area contributed by atoms with E-state index in [4.69, 9.17) is 15.1 Å². The number of carboxylic acid groups (broad SMARTS) is 1. The van der Waals surface area contributed by atoms with E-state index >= 15 is 0 Å². The molecule has 1 aromatic carbocycles. The fraction of sp³-hybridized carbons (Fsp3) is 0.111. The predicted molar refractivity (Wildman–Crippen MR) is 49.4 cm³/mol. The minimum absolute atomic E-state index is 0.178. The van der Waals surface area contributed by atoms with Crippen molar-refractivity contribution in [3.05, 3.63) is 23.8 Å². The molecule has 5 heteroatoms. The van der Waals surface area contributed by atoms with Crippen LogP contribution in [0.2, 0.25) is 0 Å². The predicted octanol–water partition coefficient (Wildman–Crippen LogP) is 1.66. The molecule has 0 aliphatic rings. The van der Waals surface area contributed by atoms with Crippen LogP contribution in [0, 0.1) is 11.3 Å². The first kappa shape index (κ1) is 9.86. The average molecular weight is 192 g/mol. The van der Waals surface area contributed by atoms with Crippen molar-refractivity contribution in [1.82, 2.24) is 0 Å². The van der Waals surface area contributed by atoms with E-state index in [9.17, 15) is 4.79 Å². The van der Waals surface area contributed by atoms with E-state index in [1.165, 1.54) is 13.2 Å². The number of ether oxygens (including phenoxy) is 1. The van der Waals surface area contributed by atoms with Gasteiger partial charge in [-0.3, -0.25) is 5.32 Å². The summed E-state index contributed by atoms with van der Waals surface area (Å²) in [6.07, 6.45) is -1.21. The Morgan fingerprint density at radius 1 is 1.64 bits per heavy atom. The van der Waals surface area contributed by atoms with Gasteiger partial charge in [-0.05, 0) is 12.1 Å². The summed E-state index contributed by atoms with van der Waals surface area (Å²) in [6, 6.07) is 6.56. The highest BCUT2D eigenvalue weighted by Crippen LogP contribution is 2.24. The van der Waals surface area contributed by atoms with Crippen LogP contribution in [0.3, 0.4) is 0 Å². The third kappa shape index (κ3) is 1.93. The smallest absolute Gasteiger partial charge is 0.409 e. The second kappa shape index (κ2) is 4.14. The van der Waals surface area contributed by atoms with Crippen LogP contribution >= 0.6 is 0 Å². The zero-order chi connectivity index (χ0) is 10.6. The van der Waals surface area contributed by atoms with E-state index in [1.54, 1.807) is 12.1 Å². The average Bonchev–Trinajstić information content (AvgIpc) is 2.16. The zero-order valence-electron chi connectivity index (χ0n) is 7.44. The second-order valence-corrected chi connectivity index (χ2v) is 2.42. The van der Waals surface area contributed by atoms with Crippen LogP contribution in [0.5, 0.6) is 5.75 Å². The van der Waals surface area contributed by atoms with E-state index in [2.05, 4.69) is 5.32 Å². The first-order valence-electron chi connectivity index (χ1n) is 3.76. The van der Waals surface area contributed by atoms with Crippen molar-refractivity contribution in [3.8, 4) is 11.8 Å². The highest BCUT2D eigenvalue weighted by atomic mass is 16.5. The molecule has 0 radical (unpaired) electrons. The third-order valence-electron chi connectivity index (χ3n) is 1.60. The molecule has 0 saturated heterocycles. The van der Waals surface area contributed by atoms with Crippen molar-refractivity contribution in [1.29, 1.82) is 5.26 Å². The lowest BCUT2D eigenvalue weighted by Crippen LogP contribution is -2.09. The molecule has 0 spiro atoms. The van der Waals surface area contributed by atoms with E-state index < -0.39 is 6.09 Å². The van der Waals surface area contributed by atoms with Crippen molar-refractivity contribution in [2.45, 2.75) is 0 Å². The van der Waals surface area contributed by atoms with E-state index in [-0.39, 0.29) is 11.3 Å². The number of nitriles is 1. The number of nitrogens with zero attached hydrogens (tertiary/aromatic N) is 1. The van der Waals surface area contributed by atoms with Crippen LogP contribution in [-0.4, -0.2) is 18.3 Å². The Morgan fingerprint density at radius 3 is 2.86 bits per heavy atom. The van der Waals surface area contributed by atoms with Crippen LogP contribution in [0.25, 0.3) is 0 Å². The van der Waals surface area contributed by atoms with Crippen molar-refractivity contribution in [2.24, 2.45) is 0 Å². The lowest BCUT2D eigenvalue weighted by Gasteiger charge is -2.06. The van der Waals surface area contributed by atoms with Gasteiger partial charge in [-0.15, -0.1) is 0 Å². The van der Waals surface area contributed by atoms with Crippen molar-refractivity contribution in [2.75, 3.05) is 12.4 Å². The van der Waals surface area contributed by atoms with Gasteiger partial charge in [-0.1, -0.05) is 6.07 Å². The number of hydrogen-bond acceptors (Lipinski definition) is 3. The third-order valence-corrected chi connectivity index (χ3v) is 1.60. The highest BCUT2D eigenvalue weighted by molar-refractivity contribution is 5.85. The van der Waals surface area contributed by atoms with Gasteiger partial charge >= 0.3 is 6.09 Å². The summed E-state index contributed by atoms with van der Waals surface area (Å²) in [6.45, 7) is 0. The van der Waals surface area contributed by atoms with Gasteiger partial charge in [0.25, 0.3) is 0 Å². The van der Waals surface area contributed by atoms with Crippen LogP contribution in [0.15, 0.2) is 18.2 Å². The Bertz CT molecular complexity index is 396. The molecule has 5 nitrogen and oxygen atoms in total. The van der Waals surface area contributed by atoms with Crippen LogP contribution in [-0.2, 0) is 0 Å². The number of methoxy groups -OCH3 is 1. The SMILES string of the molecule is COc1cccc(NC(=O)O)c1C#N. The van der Waals surface area contributed by atoms with Crippen molar-refractivity contribution in [3.63, 3.8) is 0 Å². The zero-order valence-corrected chi connectivity index (χ0v) is 7.44. The lowest BCUT2D eigenvalue weighted by atomic mass is 10.2. The Morgan fingerprint density at radius 2 is 2.36 bits per heavy atom. The molecular formula is C9H8N2O3. The normalized spacial score (nSPS) is 8.86. The van der Waals surface area contributed by atoms with E-state index in [1.807, 2.05) is 6.07 Å². The number of nitrogens with one attached hydrogen (secondary N) is 1. The number of amides is 1. The molecule has 1 aromatic rings. The molecule has 0 fully saturated rings. The van der Waals surface area contributed by atoms with Crippen LogP contribution < -0.4 is 10.1 Å². The maximum atomic E-state index is 10.4. The Kier molecular flexibility index (Phi) is 2.92. The fourth-order valence-electron chi connectivity index (χ4n) is 1.04. The second-order valence-electron chi connectivity index (χ2n) is 2.42. The van der Waals surface area contributed by atoms with Crippen molar-refractivity contribution < 1.29 is 14.6 Å². The summed E-state index contributed by atoms with van der Waals surface area (Å²) in [4.78, 5) is 10.4. The van der Waals surface area contributed by atoms with Gasteiger partial charge in [0.15, 0.2) is 0 Å². The van der Waals surface area contributed by atoms with E-state index in [0.29, 0.717) is 5.75 Å². The summed E-state index contributed by atoms with van der Waals surface area (Å²) in [5.41, 5.74) is 0.400. The molecule has 1 amide bonds. The molecule has 2 N–H and O–H groups in total. The molecule has 0 aliphatic carbocycles. The quantitative estimate of drug-likeness (QED) is 0.746. The molecule has 0 bridgehead atoms. The molecule has 0 atom stereocenters. The minimum Gasteiger partial charge on any atom is -0.495 e. The van der Waals surface area contributed by atoms with Gasteiger partial charge in [-0.25, -0.2) is 4.79 Å². The molecular weight excluding hydrogens is 184 g/mol. The van der Waals surface area contributed by atoms with Gasteiger partial charge in [0, 0.05) is 0 Å². The summed E-state index contributed by atoms with van der Waals surface area (Å²) in [5, 5.41) is 19.4. The number of hydrogen-bond donors (Lipinski definition) is 2. The molecule has 14 heavy (non-hydrogen) atoms. The van der Waals surface area contributed by atoms with Crippen LogP contribution in [0.1, 0.15) is 5.56 Å². The largest absolute Gasteiger partial charge is 0.495 e. The molecule has 0 aliphatic heterocycles. The van der Waals surface area contributed by atoms with Gasteiger partial charge in [-0.2, -0.15) is 5.26 Å². The van der Waals surface area contributed by atoms with Gasteiger partial charge in [0.2, 0.25) is 0 Å². The lowest BCUT2D eigenvalue weighted by molar-refractivity contribution is 0.209. The monoisotopic (exact) mass is 192 g/mol. The van der Waals surface area contributed by atoms with Gasteiger partial charge in [0.1, 0.15) is 17.4 Å².